The summed E-state index contributed by atoms with van der Waals surface area (Å²) in [5.74, 6) is 0.451. The van der Waals surface area contributed by atoms with E-state index in [1.165, 1.54) is 17.0 Å². The molecule has 0 unspecified atom stereocenters. The van der Waals surface area contributed by atoms with Crippen LogP contribution in [0.25, 0.3) is 10.2 Å². The van der Waals surface area contributed by atoms with Crippen LogP contribution in [-0.2, 0) is 17.4 Å². The van der Waals surface area contributed by atoms with Crippen LogP contribution in [0.1, 0.15) is 47.0 Å². The fourth-order valence-electron chi connectivity index (χ4n) is 4.06. The maximum absolute atomic E-state index is 12.9. The Kier molecular flexibility index (Phi) is 7.16. The minimum absolute atomic E-state index is 0.0201. The first kappa shape index (κ1) is 24.1. The van der Waals surface area contributed by atoms with Crippen LogP contribution in [0.3, 0.4) is 0 Å². The molecule has 0 bridgehead atoms. The van der Waals surface area contributed by atoms with E-state index in [2.05, 4.69) is 27.9 Å². The van der Waals surface area contributed by atoms with Gasteiger partial charge in [-0.05, 0) is 31.0 Å². The predicted octanol–water partition coefficient (Wildman–Crippen LogP) is 4.97. The number of fused-ring (bicyclic) bond motifs is 1. The summed E-state index contributed by atoms with van der Waals surface area (Å²) in [7, 11) is 0. The summed E-state index contributed by atoms with van der Waals surface area (Å²) in [5, 5.41) is 1.04. The second kappa shape index (κ2) is 10.1. The molecule has 1 saturated heterocycles. The van der Waals surface area contributed by atoms with Crippen molar-refractivity contribution in [2.24, 2.45) is 0 Å². The smallest absolute Gasteiger partial charge is 0.352 e. The largest absolute Gasteiger partial charge is 0.416 e. The Morgan fingerprint density at radius 3 is 2.53 bits per heavy atom. The number of nitrogens with zero attached hydrogens (tertiary/aromatic N) is 4. The van der Waals surface area contributed by atoms with E-state index in [0.29, 0.717) is 32.6 Å². The molecule has 1 amide bonds. The van der Waals surface area contributed by atoms with Gasteiger partial charge in [0.2, 0.25) is 5.91 Å². The number of rotatable bonds is 7. The number of ketones is 1. The van der Waals surface area contributed by atoms with Crippen molar-refractivity contribution in [1.29, 1.82) is 0 Å². The minimum atomic E-state index is -4.49. The third-order valence-electron chi connectivity index (χ3n) is 5.95. The lowest BCUT2D eigenvalue weighted by Crippen LogP contribution is -2.49. The van der Waals surface area contributed by atoms with E-state index >= 15 is 0 Å². The number of carbonyl (C=O) groups excluding carboxylic acids is 2. The Balaban J connectivity index is 1.28. The topological polar surface area (TPSA) is 66.4 Å². The number of alkyl halides is 3. The van der Waals surface area contributed by atoms with Crippen molar-refractivity contribution in [2.45, 2.75) is 38.8 Å². The number of carbonyl (C=O) groups is 2. The van der Waals surface area contributed by atoms with Gasteiger partial charge in [0, 0.05) is 49.5 Å². The van der Waals surface area contributed by atoms with Crippen LogP contribution >= 0.6 is 11.3 Å². The van der Waals surface area contributed by atoms with E-state index in [9.17, 15) is 22.8 Å². The summed E-state index contributed by atoms with van der Waals surface area (Å²) in [4.78, 5) is 39.9. The van der Waals surface area contributed by atoms with Crippen LogP contribution in [0.15, 0.2) is 36.7 Å². The molecule has 1 aliphatic rings. The summed E-state index contributed by atoms with van der Waals surface area (Å²) in [6.07, 6.45) is -1.45. The van der Waals surface area contributed by atoms with Crippen molar-refractivity contribution in [1.82, 2.24) is 14.9 Å². The van der Waals surface area contributed by atoms with Crippen molar-refractivity contribution in [3.05, 3.63) is 52.7 Å². The monoisotopic (exact) mass is 490 g/mol. The van der Waals surface area contributed by atoms with Crippen molar-refractivity contribution < 1.29 is 22.8 Å². The average Bonchev–Trinajstić information content (AvgIpc) is 3.27. The Labute approximate surface area is 199 Å². The van der Waals surface area contributed by atoms with Gasteiger partial charge in [-0.15, -0.1) is 11.3 Å². The second-order valence-electron chi connectivity index (χ2n) is 8.21. The summed E-state index contributed by atoms with van der Waals surface area (Å²) >= 11 is 1.67. The zero-order valence-corrected chi connectivity index (χ0v) is 19.6. The molecule has 2 aromatic heterocycles. The lowest BCUT2D eigenvalue weighted by atomic mass is 10.0. The number of hydrogen-bond donors (Lipinski definition) is 0. The Morgan fingerprint density at radius 1 is 1.06 bits per heavy atom. The van der Waals surface area contributed by atoms with E-state index in [4.69, 9.17) is 0 Å². The molecule has 10 heteroatoms. The predicted molar refractivity (Wildman–Crippen MR) is 125 cm³/mol. The van der Waals surface area contributed by atoms with Crippen molar-refractivity contribution >= 4 is 39.1 Å². The summed E-state index contributed by atoms with van der Waals surface area (Å²) < 4.78 is 38.6. The number of amides is 1. The van der Waals surface area contributed by atoms with Crippen molar-refractivity contribution in [3.8, 4) is 0 Å². The van der Waals surface area contributed by atoms with Crippen molar-refractivity contribution in [3.63, 3.8) is 0 Å². The van der Waals surface area contributed by atoms with Gasteiger partial charge in [-0.2, -0.15) is 13.2 Å². The molecule has 3 heterocycles. The van der Waals surface area contributed by atoms with E-state index < -0.39 is 17.5 Å². The quantitative estimate of drug-likeness (QED) is 0.438. The molecule has 1 fully saturated rings. The highest BCUT2D eigenvalue weighted by Crippen LogP contribution is 2.31. The molecule has 1 aliphatic heterocycles. The molecule has 0 radical (unpaired) electrons. The molecule has 0 spiro atoms. The van der Waals surface area contributed by atoms with E-state index in [0.717, 1.165) is 34.6 Å². The summed E-state index contributed by atoms with van der Waals surface area (Å²) in [6.45, 7) is 4.51. The summed E-state index contributed by atoms with van der Waals surface area (Å²) in [5.41, 5.74) is -0.826. The van der Waals surface area contributed by atoms with Gasteiger partial charge in [0.1, 0.15) is 17.0 Å². The zero-order valence-electron chi connectivity index (χ0n) is 18.8. The molecule has 34 heavy (non-hydrogen) atoms. The third-order valence-corrected chi connectivity index (χ3v) is 7.13. The van der Waals surface area contributed by atoms with Gasteiger partial charge in [0.15, 0.2) is 5.78 Å². The van der Waals surface area contributed by atoms with E-state index in [1.807, 2.05) is 0 Å². The molecule has 0 N–H and O–H groups in total. The van der Waals surface area contributed by atoms with Crippen LogP contribution in [0.2, 0.25) is 0 Å². The van der Waals surface area contributed by atoms with Gasteiger partial charge in [0.25, 0.3) is 0 Å². The molecule has 0 atom stereocenters. The van der Waals surface area contributed by atoms with Crippen LogP contribution in [0.5, 0.6) is 0 Å². The third kappa shape index (κ3) is 5.38. The molecular weight excluding hydrogens is 465 g/mol. The Morgan fingerprint density at radius 2 is 1.82 bits per heavy atom. The molecule has 180 valence electrons. The number of aromatic nitrogens is 2. The number of piperazine rings is 1. The fraction of sp³-hybridized carbons (Fsp3) is 0.417. The number of benzene rings is 1. The summed E-state index contributed by atoms with van der Waals surface area (Å²) in [6, 6.07) is 6.54. The molecule has 3 aromatic rings. The number of halogens is 3. The SMILES string of the molecule is CCc1cc2c(N3CCN(C(=O)CCCC(=O)c4cccc(C(F)(F)F)c4)CC3)ncnc2s1. The Bertz CT molecular complexity index is 1190. The number of anilines is 1. The lowest BCUT2D eigenvalue weighted by molar-refractivity contribution is -0.137. The Hall–Kier alpha value is -3.01. The molecule has 1 aromatic carbocycles. The first-order valence-corrected chi connectivity index (χ1v) is 12.0. The van der Waals surface area contributed by atoms with E-state index in [1.54, 1.807) is 22.6 Å². The number of Topliss-reactive ketones (excluding diaryl/α,β-unsaturated/α-hetero) is 1. The van der Waals surface area contributed by atoms with Gasteiger partial charge in [0.05, 0.1) is 10.9 Å². The van der Waals surface area contributed by atoms with Gasteiger partial charge in [-0.1, -0.05) is 19.1 Å². The maximum Gasteiger partial charge on any atom is 0.416 e. The first-order valence-electron chi connectivity index (χ1n) is 11.2. The van der Waals surface area contributed by atoms with Gasteiger partial charge in [-0.25, -0.2) is 9.97 Å². The lowest BCUT2D eigenvalue weighted by Gasteiger charge is -2.35. The standard InChI is InChI=1S/C24H25F3N4O2S/c1-2-18-14-19-22(28-15-29-23(19)34-18)31-11-9-30(10-12-31)21(33)8-4-7-20(32)16-5-3-6-17(13-16)24(25,26)27/h3,5-6,13-15H,2,4,7-12H2,1H3. The van der Waals surface area contributed by atoms with Gasteiger partial charge < -0.3 is 9.80 Å². The normalized spacial score (nSPS) is 14.6. The van der Waals surface area contributed by atoms with Crippen LogP contribution in [-0.4, -0.2) is 52.7 Å². The number of thiophene rings is 1. The number of aryl methyl sites for hydroxylation is 1. The maximum atomic E-state index is 12.9. The highest BCUT2D eigenvalue weighted by molar-refractivity contribution is 7.18. The van der Waals surface area contributed by atoms with Crippen LogP contribution < -0.4 is 4.90 Å². The second-order valence-corrected chi connectivity index (χ2v) is 9.32. The number of hydrogen-bond acceptors (Lipinski definition) is 6. The first-order chi connectivity index (χ1) is 16.3. The molecule has 6 nitrogen and oxygen atoms in total. The molecule has 0 aliphatic carbocycles. The zero-order chi connectivity index (χ0) is 24.3. The molecular formula is C24H25F3N4O2S. The highest BCUT2D eigenvalue weighted by atomic mass is 32.1. The van der Waals surface area contributed by atoms with Gasteiger partial charge in [-0.3, -0.25) is 9.59 Å². The van der Waals surface area contributed by atoms with E-state index in [-0.39, 0.29) is 24.3 Å². The van der Waals surface area contributed by atoms with Gasteiger partial charge >= 0.3 is 6.18 Å². The average molecular weight is 491 g/mol. The molecule has 4 rings (SSSR count). The van der Waals surface area contributed by atoms with Crippen LogP contribution in [0, 0.1) is 0 Å². The van der Waals surface area contributed by atoms with Crippen LogP contribution in [0.4, 0.5) is 19.0 Å². The minimum Gasteiger partial charge on any atom is -0.352 e. The molecule has 0 saturated carbocycles. The highest BCUT2D eigenvalue weighted by Gasteiger charge is 2.31. The fourth-order valence-corrected chi connectivity index (χ4v) is 4.99. The van der Waals surface area contributed by atoms with Crippen molar-refractivity contribution in [2.75, 3.05) is 31.1 Å².